The predicted molar refractivity (Wildman–Crippen MR) is 78.2 cm³/mol. The largest absolute Gasteiger partial charge is 0.493 e. The molecule has 1 aromatic heterocycles. The van der Waals surface area contributed by atoms with Crippen LogP contribution in [0.1, 0.15) is 21.6 Å². The third kappa shape index (κ3) is 2.44. The summed E-state index contributed by atoms with van der Waals surface area (Å²) in [6, 6.07) is 3.50. The molecule has 2 rings (SSSR count). The number of hydrogen-bond acceptors (Lipinski definition) is 4. The van der Waals surface area contributed by atoms with Gasteiger partial charge in [0.1, 0.15) is 0 Å². The van der Waals surface area contributed by atoms with Crippen molar-refractivity contribution in [1.82, 2.24) is 9.78 Å². The van der Waals surface area contributed by atoms with Gasteiger partial charge in [-0.05, 0) is 31.5 Å². The first kappa shape index (κ1) is 14.9. The highest BCUT2D eigenvalue weighted by Crippen LogP contribution is 2.40. The Morgan fingerprint density at radius 3 is 2.29 bits per heavy atom. The van der Waals surface area contributed by atoms with Crippen LogP contribution in [0.3, 0.4) is 0 Å². The first-order valence-electron chi connectivity index (χ1n) is 6.40. The van der Waals surface area contributed by atoms with Crippen molar-refractivity contribution in [3.8, 4) is 22.8 Å². The van der Waals surface area contributed by atoms with Gasteiger partial charge in [0, 0.05) is 18.2 Å². The number of aromatic carboxylic acids is 1. The summed E-state index contributed by atoms with van der Waals surface area (Å²) in [4.78, 5) is 11.1. The lowest BCUT2D eigenvalue weighted by Crippen LogP contribution is -2.01. The molecule has 0 bridgehead atoms. The van der Waals surface area contributed by atoms with E-state index in [0.717, 1.165) is 16.7 Å². The molecule has 0 amide bonds. The number of hydrogen-bond donors (Lipinski definition) is 1. The van der Waals surface area contributed by atoms with E-state index in [9.17, 15) is 4.79 Å². The average Bonchev–Trinajstić information content (AvgIpc) is 2.82. The van der Waals surface area contributed by atoms with Crippen LogP contribution in [0, 0.1) is 13.8 Å². The molecule has 112 valence electrons. The lowest BCUT2D eigenvalue weighted by Gasteiger charge is -2.17. The SMILES string of the molecule is COc1c(C)cc(-c2cc(C(=O)O)nn2C)c(C)c1OC. The van der Waals surface area contributed by atoms with Gasteiger partial charge in [0.2, 0.25) is 0 Å². The number of carboxylic acid groups (broad SMARTS) is 1. The van der Waals surface area contributed by atoms with Gasteiger partial charge in [0.05, 0.1) is 19.9 Å². The van der Waals surface area contributed by atoms with E-state index >= 15 is 0 Å². The molecule has 0 spiro atoms. The van der Waals surface area contributed by atoms with E-state index in [1.807, 2.05) is 19.9 Å². The number of ether oxygens (including phenoxy) is 2. The monoisotopic (exact) mass is 290 g/mol. The molecule has 0 saturated heterocycles. The van der Waals surface area contributed by atoms with Gasteiger partial charge >= 0.3 is 5.97 Å². The molecule has 0 saturated carbocycles. The van der Waals surface area contributed by atoms with Crippen LogP contribution >= 0.6 is 0 Å². The minimum atomic E-state index is -1.05. The zero-order chi connectivity index (χ0) is 15.7. The number of carboxylic acids is 1. The molecule has 0 fully saturated rings. The van der Waals surface area contributed by atoms with Crippen molar-refractivity contribution in [2.75, 3.05) is 14.2 Å². The van der Waals surface area contributed by atoms with Crippen molar-refractivity contribution < 1.29 is 19.4 Å². The second-order valence-corrected chi connectivity index (χ2v) is 4.78. The standard InChI is InChI=1S/C15H18N2O4/c1-8-6-10(9(2)14(21-5)13(8)20-4)12-7-11(15(18)19)16-17(12)3/h6-7H,1-5H3,(H,18,19). The van der Waals surface area contributed by atoms with Crippen molar-refractivity contribution in [3.05, 3.63) is 29.0 Å². The van der Waals surface area contributed by atoms with Crippen molar-refractivity contribution in [3.63, 3.8) is 0 Å². The maximum Gasteiger partial charge on any atom is 0.356 e. The average molecular weight is 290 g/mol. The lowest BCUT2D eigenvalue weighted by molar-refractivity contribution is 0.0689. The number of methoxy groups -OCH3 is 2. The zero-order valence-electron chi connectivity index (χ0n) is 12.7. The Bertz CT molecular complexity index is 704. The maximum absolute atomic E-state index is 11.1. The Hall–Kier alpha value is -2.50. The van der Waals surface area contributed by atoms with E-state index in [2.05, 4.69) is 5.10 Å². The van der Waals surface area contributed by atoms with E-state index in [1.165, 1.54) is 0 Å². The molecule has 0 radical (unpaired) electrons. The van der Waals surface area contributed by atoms with E-state index in [0.29, 0.717) is 17.2 Å². The smallest absolute Gasteiger partial charge is 0.356 e. The van der Waals surface area contributed by atoms with Crippen LogP contribution in [0.2, 0.25) is 0 Å². The molecule has 2 aromatic rings. The summed E-state index contributed by atoms with van der Waals surface area (Å²) >= 11 is 0. The summed E-state index contributed by atoms with van der Waals surface area (Å²) in [5.74, 6) is 0.275. The summed E-state index contributed by atoms with van der Waals surface area (Å²) < 4.78 is 12.4. The highest BCUT2D eigenvalue weighted by molar-refractivity contribution is 5.87. The van der Waals surface area contributed by atoms with Crippen molar-refractivity contribution in [2.45, 2.75) is 13.8 Å². The van der Waals surface area contributed by atoms with Crippen LogP contribution < -0.4 is 9.47 Å². The maximum atomic E-state index is 11.1. The Morgan fingerprint density at radius 2 is 1.81 bits per heavy atom. The van der Waals surface area contributed by atoms with E-state index in [1.54, 1.807) is 32.0 Å². The molecule has 1 heterocycles. The van der Waals surface area contributed by atoms with Crippen LogP contribution in [-0.2, 0) is 7.05 Å². The number of rotatable bonds is 4. The van der Waals surface area contributed by atoms with Gasteiger partial charge in [-0.2, -0.15) is 5.10 Å². The van der Waals surface area contributed by atoms with Gasteiger partial charge in [0.25, 0.3) is 0 Å². The van der Waals surface area contributed by atoms with Crippen LogP contribution in [0.5, 0.6) is 11.5 Å². The van der Waals surface area contributed by atoms with Gasteiger partial charge in [-0.3, -0.25) is 4.68 Å². The van der Waals surface area contributed by atoms with Crippen molar-refractivity contribution in [2.24, 2.45) is 7.05 Å². The third-order valence-electron chi connectivity index (χ3n) is 3.45. The molecular weight excluding hydrogens is 272 g/mol. The third-order valence-corrected chi connectivity index (χ3v) is 3.45. The zero-order valence-corrected chi connectivity index (χ0v) is 12.7. The lowest BCUT2D eigenvalue weighted by atomic mass is 10.00. The Kier molecular flexibility index (Phi) is 3.88. The topological polar surface area (TPSA) is 73.6 Å². The van der Waals surface area contributed by atoms with Crippen molar-refractivity contribution in [1.29, 1.82) is 0 Å². The normalized spacial score (nSPS) is 10.5. The molecule has 6 heteroatoms. The highest BCUT2D eigenvalue weighted by Gasteiger charge is 2.19. The van der Waals surface area contributed by atoms with Crippen molar-refractivity contribution >= 4 is 5.97 Å². The molecule has 1 N–H and O–H groups in total. The minimum absolute atomic E-state index is 0.0133. The fourth-order valence-electron chi connectivity index (χ4n) is 2.45. The molecule has 0 aliphatic carbocycles. The van der Waals surface area contributed by atoms with E-state index < -0.39 is 5.97 Å². The molecule has 0 unspecified atom stereocenters. The molecule has 1 aromatic carbocycles. The van der Waals surface area contributed by atoms with Gasteiger partial charge in [-0.1, -0.05) is 0 Å². The molecular formula is C15H18N2O4. The van der Waals surface area contributed by atoms with E-state index in [4.69, 9.17) is 14.6 Å². The number of aryl methyl sites for hydroxylation is 2. The predicted octanol–water partition coefficient (Wildman–Crippen LogP) is 2.42. The van der Waals surface area contributed by atoms with Gasteiger partial charge in [0.15, 0.2) is 17.2 Å². The fourth-order valence-corrected chi connectivity index (χ4v) is 2.45. The van der Waals surface area contributed by atoms with Crippen LogP contribution in [0.15, 0.2) is 12.1 Å². The van der Waals surface area contributed by atoms with Crippen LogP contribution in [0.25, 0.3) is 11.3 Å². The Balaban J connectivity index is 2.70. The van der Waals surface area contributed by atoms with Crippen LogP contribution in [-0.4, -0.2) is 35.1 Å². The summed E-state index contributed by atoms with van der Waals surface area (Å²) in [5, 5.41) is 13.1. The second kappa shape index (κ2) is 5.47. The van der Waals surface area contributed by atoms with E-state index in [-0.39, 0.29) is 5.69 Å². The number of carbonyl (C=O) groups is 1. The summed E-state index contributed by atoms with van der Waals surface area (Å²) in [6.07, 6.45) is 0. The van der Waals surface area contributed by atoms with Gasteiger partial charge in [-0.15, -0.1) is 0 Å². The molecule has 0 aliphatic heterocycles. The van der Waals surface area contributed by atoms with Crippen LogP contribution in [0.4, 0.5) is 0 Å². The summed E-state index contributed by atoms with van der Waals surface area (Å²) in [6.45, 7) is 3.82. The summed E-state index contributed by atoms with van der Waals surface area (Å²) in [7, 11) is 4.89. The molecule has 0 atom stereocenters. The first-order valence-corrected chi connectivity index (χ1v) is 6.40. The number of nitrogens with zero attached hydrogens (tertiary/aromatic N) is 2. The highest BCUT2D eigenvalue weighted by atomic mass is 16.5. The molecule has 0 aliphatic rings. The van der Waals surface area contributed by atoms with Gasteiger partial charge in [-0.25, -0.2) is 4.79 Å². The summed E-state index contributed by atoms with van der Waals surface area (Å²) in [5.41, 5.74) is 3.38. The van der Waals surface area contributed by atoms with Gasteiger partial charge < -0.3 is 14.6 Å². The molecule has 6 nitrogen and oxygen atoms in total. The Morgan fingerprint density at radius 1 is 1.19 bits per heavy atom. The Labute approximate surface area is 122 Å². The second-order valence-electron chi connectivity index (χ2n) is 4.78. The molecule has 21 heavy (non-hydrogen) atoms. The fraction of sp³-hybridized carbons (Fsp3) is 0.333. The quantitative estimate of drug-likeness (QED) is 0.936. The first-order chi connectivity index (χ1) is 9.90. The number of benzene rings is 1. The number of aromatic nitrogens is 2. The minimum Gasteiger partial charge on any atom is -0.493 e.